The summed E-state index contributed by atoms with van der Waals surface area (Å²) in [6.45, 7) is 1.39. The van der Waals surface area contributed by atoms with Crippen LogP contribution in [0.4, 0.5) is 0 Å². The zero-order chi connectivity index (χ0) is 15.0. The molecule has 1 aromatic rings. The average Bonchev–Trinajstić information content (AvgIpc) is 2.98. The molecule has 21 heavy (non-hydrogen) atoms. The molecular weight excluding hydrogens is 268 g/mol. The third kappa shape index (κ3) is 4.21. The summed E-state index contributed by atoms with van der Waals surface area (Å²) in [6.07, 6.45) is 3.12. The van der Waals surface area contributed by atoms with Crippen molar-refractivity contribution >= 4 is 5.91 Å². The summed E-state index contributed by atoms with van der Waals surface area (Å²) in [5, 5.41) is 6.54. The fourth-order valence-corrected chi connectivity index (χ4v) is 2.58. The standard InChI is InChI=1S/C15H20N4O2/c16-19-18-15(8-4-5-9-15)14(20)17-10-11-21-12-13-6-2-1-3-7-13/h1-3,6-7H,4-5,8-12H2,(H,17,20). The molecule has 1 aromatic carbocycles. The Bertz CT molecular complexity index is 506. The summed E-state index contributed by atoms with van der Waals surface area (Å²) in [4.78, 5) is 15.0. The molecule has 0 saturated heterocycles. The van der Waals surface area contributed by atoms with Crippen LogP contribution in [0.15, 0.2) is 35.4 Å². The highest BCUT2D eigenvalue weighted by Crippen LogP contribution is 2.33. The average molecular weight is 288 g/mol. The Morgan fingerprint density at radius 2 is 2.05 bits per heavy atom. The van der Waals surface area contributed by atoms with E-state index in [0.717, 1.165) is 18.4 Å². The first-order valence-electron chi connectivity index (χ1n) is 7.23. The SMILES string of the molecule is [N-]=[N+]=NC1(C(=O)NCCOCc2ccccc2)CCCC1. The van der Waals surface area contributed by atoms with E-state index in [9.17, 15) is 4.79 Å². The number of rotatable bonds is 7. The van der Waals surface area contributed by atoms with Crippen LogP contribution in [-0.2, 0) is 16.1 Å². The molecule has 6 nitrogen and oxygen atoms in total. The van der Waals surface area contributed by atoms with Crippen LogP contribution in [0.1, 0.15) is 31.2 Å². The van der Waals surface area contributed by atoms with E-state index in [1.165, 1.54) is 0 Å². The second-order valence-electron chi connectivity index (χ2n) is 5.22. The van der Waals surface area contributed by atoms with Crippen LogP contribution in [0, 0.1) is 0 Å². The maximum atomic E-state index is 12.2. The van der Waals surface area contributed by atoms with Crippen molar-refractivity contribution in [2.75, 3.05) is 13.2 Å². The minimum absolute atomic E-state index is 0.180. The highest BCUT2D eigenvalue weighted by atomic mass is 16.5. The number of nitrogens with zero attached hydrogens (tertiary/aromatic N) is 3. The van der Waals surface area contributed by atoms with E-state index in [0.29, 0.717) is 32.6 Å². The number of carbonyl (C=O) groups is 1. The quantitative estimate of drug-likeness (QED) is 0.362. The Labute approximate surface area is 124 Å². The maximum absolute atomic E-state index is 12.2. The number of benzene rings is 1. The first kappa shape index (κ1) is 15.4. The highest BCUT2D eigenvalue weighted by molar-refractivity contribution is 5.86. The van der Waals surface area contributed by atoms with Gasteiger partial charge in [-0.15, -0.1) is 0 Å². The number of carbonyl (C=O) groups excluding carboxylic acids is 1. The molecule has 1 N–H and O–H groups in total. The van der Waals surface area contributed by atoms with Gasteiger partial charge in [-0.3, -0.25) is 4.79 Å². The molecule has 0 aliphatic heterocycles. The summed E-state index contributed by atoms with van der Waals surface area (Å²) in [6, 6.07) is 9.87. The summed E-state index contributed by atoms with van der Waals surface area (Å²) in [5.41, 5.74) is 8.85. The molecule has 0 unspecified atom stereocenters. The normalized spacial score (nSPS) is 16.2. The number of nitrogens with one attached hydrogen (secondary N) is 1. The first-order valence-corrected chi connectivity index (χ1v) is 7.23. The molecular formula is C15H20N4O2. The van der Waals surface area contributed by atoms with Crippen LogP contribution in [0.2, 0.25) is 0 Å². The number of hydrogen-bond donors (Lipinski definition) is 1. The van der Waals surface area contributed by atoms with E-state index >= 15 is 0 Å². The van der Waals surface area contributed by atoms with Gasteiger partial charge >= 0.3 is 0 Å². The predicted octanol–water partition coefficient (Wildman–Crippen LogP) is 2.94. The number of ether oxygens (including phenoxy) is 1. The highest BCUT2D eigenvalue weighted by Gasteiger charge is 2.40. The van der Waals surface area contributed by atoms with Crippen LogP contribution in [0.5, 0.6) is 0 Å². The zero-order valence-corrected chi connectivity index (χ0v) is 12.0. The lowest BCUT2D eigenvalue weighted by Crippen LogP contribution is -2.44. The lowest BCUT2D eigenvalue weighted by atomic mass is 9.98. The van der Waals surface area contributed by atoms with E-state index in [1.54, 1.807) is 0 Å². The van der Waals surface area contributed by atoms with Gasteiger partial charge in [0.05, 0.1) is 13.2 Å². The van der Waals surface area contributed by atoms with Crippen molar-refractivity contribution in [3.05, 3.63) is 46.3 Å². The van der Waals surface area contributed by atoms with Crippen molar-refractivity contribution in [1.82, 2.24) is 5.32 Å². The molecule has 0 heterocycles. The Hall–Kier alpha value is -2.04. The Morgan fingerprint density at radius 3 is 2.71 bits per heavy atom. The molecule has 0 spiro atoms. The predicted molar refractivity (Wildman–Crippen MR) is 79.5 cm³/mol. The summed E-state index contributed by atoms with van der Waals surface area (Å²) in [7, 11) is 0. The molecule has 6 heteroatoms. The van der Waals surface area contributed by atoms with Crippen molar-refractivity contribution in [2.45, 2.75) is 37.8 Å². The Balaban J connectivity index is 1.70. The van der Waals surface area contributed by atoms with Crippen molar-refractivity contribution in [1.29, 1.82) is 0 Å². The summed E-state index contributed by atoms with van der Waals surface area (Å²) >= 11 is 0. The van der Waals surface area contributed by atoms with E-state index in [4.69, 9.17) is 10.3 Å². The van der Waals surface area contributed by atoms with E-state index < -0.39 is 5.54 Å². The minimum Gasteiger partial charge on any atom is -0.375 e. The van der Waals surface area contributed by atoms with Crippen molar-refractivity contribution < 1.29 is 9.53 Å². The van der Waals surface area contributed by atoms with E-state index in [2.05, 4.69) is 15.3 Å². The molecule has 1 aliphatic carbocycles. The Kier molecular flexibility index (Phi) is 5.60. The van der Waals surface area contributed by atoms with Gasteiger partial charge in [-0.2, -0.15) is 0 Å². The van der Waals surface area contributed by atoms with Crippen LogP contribution in [-0.4, -0.2) is 24.6 Å². The summed E-state index contributed by atoms with van der Waals surface area (Å²) in [5.74, 6) is -0.180. The first-order chi connectivity index (χ1) is 10.3. The van der Waals surface area contributed by atoms with Gasteiger partial charge in [0.15, 0.2) is 0 Å². The molecule has 1 fully saturated rings. The molecule has 1 saturated carbocycles. The van der Waals surface area contributed by atoms with Gasteiger partial charge in [0.2, 0.25) is 5.91 Å². The van der Waals surface area contributed by atoms with Gasteiger partial charge < -0.3 is 10.1 Å². The molecule has 1 aliphatic rings. The van der Waals surface area contributed by atoms with Crippen LogP contribution in [0.25, 0.3) is 10.4 Å². The van der Waals surface area contributed by atoms with Crippen LogP contribution >= 0.6 is 0 Å². The lowest BCUT2D eigenvalue weighted by molar-refractivity contribution is -0.126. The Morgan fingerprint density at radius 1 is 1.33 bits per heavy atom. The largest absolute Gasteiger partial charge is 0.375 e. The topological polar surface area (TPSA) is 87.1 Å². The fraction of sp³-hybridized carbons (Fsp3) is 0.533. The van der Waals surface area contributed by atoms with Gasteiger partial charge in [0.1, 0.15) is 5.54 Å². The van der Waals surface area contributed by atoms with E-state index in [1.807, 2.05) is 30.3 Å². The third-order valence-electron chi connectivity index (χ3n) is 3.73. The number of amides is 1. The molecule has 112 valence electrons. The van der Waals surface area contributed by atoms with Crippen LogP contribution in [0.3, 0.4) is 0 Å². The van der Waals surface area contributed by atoms with Gasteiger partial charge in [-0.05, 0) is 23.9 Å². The zero-order valence-electron chi connectivity index (χ0n) is 12.0. The third-order valence-corrected chi connectivity index (χ3v) is 3.73. The molecule has 1 amide bonds. The minimum atomic E-state index is -0.881. The van der Waals surface area contributed by atoms with Crippen LogP contribution < -0.4 is 5.32 Å². The lowest BCUT2D eigenvalue weighted by Gasteiger charge is -2.21. The summed E-state index contributed by atoms with van der Waals surface area (Å²) < 4.78 is 5.51. The number of azide groups is 1. The molecule has 0 aromatic heterocycles. The monoisotopic (exact) mass is 288 g/mol. The van der Waals surface area contributed by atoms with Crippen molar-refractivity contribution in [2.24, 2.45) is 5.11 Å². The van der Waals surface area contributed by atoms with Gasteiger partial charge in [-0.25, -0.2) is 0 Å². The maximum Gasteiger partial charge on any atom is 0.232 e. The fourth-order valence-electron chi connectivity index (χ4n) is 2.58. The number of hydrogen-bond acceptors (Lipinski definition) is 3. The van der Waals surface area contributed by atoms with Gasteiger partial charge in [0, 0.05) is 11.5 Å². The molecule has 2 rings (SSSR count). The molecule has 0 atom stereocenters. The molecule has 0 radical (unpaired) electrons. The smallest absolute Gasteiger partial charge is 0.232 e. The second kappa shape index (κ2) is 7.67. The van der Waals surface area contributed by atoms with E-state index in [-0.39, 0.29) is 5.91 Å². The second-order valence-corrected chi connectivity index (χ2v) is 5.22. The van der Waals surface area contributed by atoms with Gasteiger partial charge in [0.25, 0.3) is 0 Å². The molecule has 0 bridgehead atoms. The van der Waals surface area contributed by atoms with Crippen molar-refractivity contribution in [3.8, 4) is 0 Å². The van der Waals surface area contributed by atoms with Crippen molar-refractivity contribution in [3.63, 3.8) is 0 Å². The van der Waals surface area contributed by atoms with Gasteiger partial charge in [-0.1, -0.05) is 48.3 Å².